The molecule has 0 bridgehead atoms. The highest BCUT2D eigenvalue weighted by Crippen LogP contribution is 2.41. The molecule has 4 heteroatoms. The van der Waals surface area contributed by atoms with Crippen LogP contribution >= 0.6 is 0 Å². The predicted octanol–water partition coefficient (Wildman–Crippen LogP) is 2.23. The highest BCUT2D eigenvalue weighted by Gasteiger charge is 2.49. The maximum absolute atomic E-state index is 13.2. The Hall–Kier alpha value is -0.670. The van der Waals surface area contributed by atoms with Gasteiger partial charge in [-0.15, -0.1) is 0 Å². The van der Waals surface area contributed by atoms with Crippen molar-refractivity contribution >= 4 is 5.91 Å². The number of alkyl halides is 2. The molecule has 0 aromatic carbocycles. The van der Waals surface area contributed by atoms with Gasteiger partial charge in [-0.3, -0.25) is 4.79 Å². The minimum absolute atomic E-state index is 0.161. The lowest BCUT2D eigenvalue weighted by Crippen LogP contribution is -2.58. The van der Waals surface area contributed by atoms with Gasteiger partial charge in [-0.1, -0.05) is 19.3 Å². The third-order valence-electron chi connectivity index (χ3n) is 3.23. The molecule has 14 heavy (non-hydrogen) atoms. The van der Waals surface area contributed by atoms with Crippen LogP contribution in [0.15, 0.2) is 0 Å². The molecule has 0 aromatic heterocycles. The molecule has 2 fully saturated rings. The zero-order valence-corrected chi connectivity index (χ0v) is 8.11. The molecule has 0 aromatic rings. The summed E-state index contributed by atoms with van der Waals surface area (Å²) in [6, 6.07) is 0. The molecular weight excluding hydrogens is 188 g/mol. The van der Waals surface area contributed by atoms with E-state index in [-0.39, 0.29) is 6.42 Å². The normalized spacial score (nSPS) is 30.0. The average Bonchev–Trinajstić information content (AvgIpc) is 2.00. The van der Waals surface area contributed by atoms with Crippen molar-refractivity contribution in [3.05, 3.63) is 0 Å². The van der Waals surface area contributed by atoms with Gasteiger partial charge in [0.1, 0.15) is 0 Å². The van der Waals surface area contributed by atoms with E-state index in [4.69, 9.17) is 0 Å². The Morgan fingerprint density at radius 2 is 1.79 bits per heavy atom. The van der Waals surface area contributed by atoms with Crippen LogP contribution in [0.3, 0.4) is 0 Å². The molecule has 0 atom stereocenters. The van der Waals surface area contributed by atoms with Gasteiger partial charge in [0.2, 0.25) is 5.91 Å². The Kier molecular flexibility index (Phi) is 2.24. The molecule has 1 aliphatic carbocycles. The summed E-state index contributed by atoms with van der Waals surface area (Å²) < 4.78 is 26.4. The van der Waals surface area contributed by atoms with Gasteiger partial charge in [0.15, 0.2) is 0 Å². The molecule has 1 N–H and O–H groups in total. The fourth-order valence-corrected chi connectivity index (χ4v) is 2.71. The second kappa shape index (κ2) is 3.17. The van der Waals surface area contributed by atoms with Crippen LogP contribution in [0.4, 0.5) is 8.78 Å². The summed E-state index contributed by atoms with van der Waals surface area (Å²) in [4.78, 5) is 11.2. The lowest BCUT2D eigenvalue weighted by atomic mass is 9.75. The molecule has 80 valence electrons. The smallest absolute Gasteiger partial charge is 0.259 e. The molecule has 0 unspecified atom stereocenters. The molecule has 2 nitrogen and oxygen atoms in total. The first-order chi connectivity index (χ1) is 6.52. The summed E-state index contributed by atoms with van der Waals surface area (Å²) in [6.07, 6.45) is 3.65. The van der Waals surface area contributed by atoms with Crippen molar-refractivity contribution in [2.75, 3.05) is 0 Å². The Morgan fingerprint density at radius 3 is 2.36 bits per heavy atom. The van der Waals surface area contributed by atoms with E-state index in [9.17, 15) is 13.6 Å². The van der Waals surface area contributed by atoms with E-state index in [1.807, 2.05) is 0 Å². The van der Waals surface area contributed by atoms with Crippen LogP contribution in [-0.4, -0.2) is 17.4 Å². The first kappa shape index (κ1) is 9.87. The second-order valence-electron chi connectivity index (χ2n) is 4.60. The first-order valence-corrected chi connectivity index (χ1v) is 5.20. The molecule has 1 spiro atoms. The van der Waals surface area contributed by atoms with Crippen LogP contribution in [-0.2, 0) is 4.79 Å². The number of amides is 1. The van der Waals surface area contributed by atoms with E-state index in [0.29, 0.717) is 12.8 Å². The molecule has 1 saturated carbocycles. The van der Waals surface area contributed by atoms with E-state index in [2.05, 4.69) is 5.32 Å². The lowest BCUT2D eigenvalue weighted by molar-refractivity contribution is -0.142. The minimum atomic E-state index is -2.79. The SMILES string of the molecule is O=C1CC(F)(F)CC2(CCCCC2)N1. The van der Waals surface area contributed by atoms with Crippen LogP contribution in [0.2, 0.25) is 0 Å². The summed E-state index contributed by atoms with van der Waals surface area (Å²) in [5.41, 5.74) is -0.586. The molecule has 2 rings (SSSR count). The summed E-state index contributed by atoms with van der Waals surface area (Å²) in [6.45, 7) is 0. The van der Waals surface area contributed by atoms with Gasteiger partial charge in [-0.2, -0.15) is 0 Å². The van der Waals surface area contributed by atoms with Crippen LogP contribution in [0.25, 0.3) is 0 Å². The van der Waals surface area contributed by atoms with Crippen molar-refractivity contribution in [3.8, 4) is 0 Å². The number of carbonyl (C=O) groups excluding carboxylic acids is 1. The molecule has 2 aliphatic rings. The molecule has 1 heterocycles. The zero-order valence-electron chi connectivity index (χ0n) is 8.11. The van der Waals surface area contributed by atoms with Gasteiger partial charge in [-0.05, 0) is 12.8 Å². The van der Waals surface area contributed by atoms with Crippen molar-refractivity contribution in [2.24, 2.45) is 0 Å². The predicted molar refractivity (Wildman–Crippen MR) is 48.1 cm³/mol. The fraction of sp³-hybridized carbons (Fsp3) is 0.900. The molecule has 1 amide bonds. The number of nitrogens with one attached hydrogen (secondary N) is 1. The van der Waals surface area contributed by atoms with E-state index >= 15 is 0 Å². The van der Waals surface area contributed by atoms with Crippen molar-refractivity contribution in [2.45, 2.75) is 56.4 Å². The van der Waals surface area contributed by atoms with Crippen LogP contribution in [0.5, 0.6) is 0 Å². The Morgan fingerprint density at radius 1 is 1.14 bits per heavy atom. The third kappa shape index (κ3) is 1.88. The molecular formula is C10H15F2NO. The van der Waals surface area contributed by atoms with Crippen molar-refractivity contribution in [1.29, 1.82) is 0 Å². The summed E-state index contributed by atoms with van der Waals surface area (Å²) >= 11 is 0. The number of piperidine rings is 1. The number of hydrogen-bond acceptors (Lipinski definition) is 1. The number of halogens is 2. The number of rotatable bonds is 0. The quantitative estimate of drug-likeness (QED) is 0.642. The maximum Gasteiger partial charge on any atom is 0.259 e. The molecule has 1 aliphatic heterocycles. The van der Waals surface area contributed by atoms with Gasteiger partial charge in [0.25, 0.3) is 5.92 Å². The third-order valence-corrected chi connectivity index (χ3v) is 3.23. The van der Waals surface area contributed by atoms with Crippen LogP contribution < -0.4 is 5.32 Å². The van der Waals surface area contributed by atoms with E-state index < -0.39 is 23.8 Å². The number of hydrogen-bond donors (Lipinski definition) is 1. The maximum atomic E-state index is 13.2. The van der Waals surface area contributed by atoms with E-state index in [1.165, 1.54) is 0 Å². The van der Waals surface area contributed by atoms with Crippen molar-refractivity contribution in [1.82, 2.24) is 5.32 Å². The highest BCUT2D eigenvalue weighted by molar-refractivity contribution is 5.78. The summed E-state index contributed by atoms with van der Waals surface area (Å²) in [5.74, 6) is -3.28. The van der Waals surface area contributed by atoms with Crippen LogP contribution in [0.1, 0.15) is 44.9 Å². The van der Waals surface area contributed by atoms with Gasteiger partial charge >= 0.3 is 0 Å². The van der Waals surface area contributed by atoms with Gasteiger partial charge in [-0.25, -0.2) is 8.78 Å². The van der Waals surface area contributed by atoms with Gasteiger partial charge in [0.05, 0.1) is 6.42 Å². The Balaban J connectivity index is 2.14. The minimum Gasteiger partial charge on any atom is -0.350 e. The van der Waals surface area contributed by atoms with Crippen LogP contribution in [0, 0.1) is 0 Å². The fourth-order valence-electron chi connectivity index (χ4n) is 2.71. The topological polar surface area (TPSA) is 29.1 Å². The zero-order chi connectivity index (χ0) is 10.2. The largest absolute Gasteiger partial charge is 0.350 e. The first-order valence-electron chi connectivity index (χ1n) is 5.20. The average molecular weight is 203 g/mol. The molecule has 0 radical (unpaired) electrons. The Labute approximate surface area is 82.1 Å². The lowest BCUT2D eigenvalue weighted by Gasteiger charge is -2.43. The van der Waals surface area contributed by atoms with Crippen molar-refractivity contribution < 1.29 is 13.6 Å². The van der Waals surface area contributed by atoms with Crippen molar-refractivity contribution in [3.63, 3.8) is 0 Å². The molecule has 1 saturated heterocycles. The van der Waals surface area contributed by atoms with Gasteiger partial charge in [0, 0.05) is 12.0 Å². The van der Waals surface area contributed by atoms with E-state index in [0.717, 1.165) is 19.3 Å². The second-order valence-corrected chi connectivity index (χ2v) is 4.60. The number of carbonyl (C=O) groups is 1. The summed E-state index contributed by atoms with van der Waals surface area (Å²) in [7, 11) is 0. The van der Waals surface area contributed by atoms with E-state index in [1.54, 1.807) is 0 Å². The Bertz CT molecular complexity index is 247. The monoisotopic (exact) mass is 203 g/mol. The summed E-state index contributed by atoms with van der Waals surface area (Å²) in [5, 5.41) is 2.77. The van der Waals surface area contributed by atoms with Gasteiger partial charge < -0.3 is 5.32 Å². The standard InChI is InChI=1S/C10H15F2NO/c11-10(12)6-8(14)13-9(7-10)4-2-1-3-5-9/h1-7H2,(H,13,14). The highest BCUT2D eigenvalue weighted by atomic mass is 19.3.